The molecule has 1 unspecified atom stereocenters. The summed E-state index contributed by atoms with van der Waals surface area (Å²) in [5.74, 6) is 0. The molecule has 0 aliphatic carbocycles. The molecule has 5 nitrogen and oxygen atoms in total. The normalized spacial score (nSPS) is 15.7. The van der Waals surface area contributed by atoms with E-state index in [0.29, 0.717) is 13.1 Å². The summed E-state index contributed by atoms with van der Waals surface area (Å²) in [4.78, 5) is 15.8. The Labute approximate surface area is 156 Å². The van der Waals surface area contributed by atoms with Crippen molar-refractivity contribution in [3.63, 3.8) is 0 Å². The average molecular weight is 376 g/mol. The Morgan fingerprint density at radius 1 is 1.25 bits per heavy atom. The third-order valence-corrected chi connectivity index (χ3v) is 3.87. The predicted molar refractivity (Wildman–Crippen MR) is 102 cm³/mol. The lowest BCUT2D eigenvalue weighted by Gasteiger charge is -2.34. The van der Waals surface area contributed by atoms with E-state index in [2.05, 4.69) is 35.7 Å². The molecule has 1 aromatic rings. The fourth-order valence-corrected chi connectivity index (χ4v) is 2.49. The molecule has 2 N–H and O–H groups in total. The first-order valence-corrected chi connectivity index (χ1v) is 7.69. The molecular formula is C17H27Cl2N3O2. The van der Waals surface area contributed by atoms with Gasteiger partial charge in [-0.15, -0.1) is 24.8 Å². The van der Waals surface area contributed by atoms with Gasteiger partial charge in [-0.3, -0.25) is 4.90 Å². The molecule has 7 heteroatoms. The van der Waals surface area contributed by atoms with Gasteiger partial charge in [-0.05, 0) is 18.1 Å². The molecule has 24 heavy (non-hydrogen) atoms. The predicted octanol–water partition coefficient (Wildman–Crippen LogP) is 2.99. The Morgan fingerprint density at radius 3 is 2.33 bits per heavy atom. The number of halogens is 2. The lowest BCUT2D eigenvalue weighted by Crippen LogP contribution is -2.48. The first kappa shape index (κ1) is 22.7. The number of hydrogen-bond donors (Lipinski definition) is 1. The van der Waals surface area contributed by atoms with E-state index in [-0.39, 0.29) is 43.6 Å². The average Bonchev–Trinajstić information content (AvgIpc) is 2.54. The minimum Gasteiger partial charge on any atom is -0.445 e. The van der Waals surface area contributed by atoms with Crippen molar-refractivity contribution in [3.8, 4) is 0 Å². The topological polar surface area (TPSA) is 58.8 Å². The van der Waals surface area contributed by atoms with Crippen LogP contribution in [0.25, 0.3) is 0 Å². The first-order valence-electron chi connectivity index (χ1n) is 7.69. The highest BCUT2D eigenvalue weighted by atomic mass is 35.5. The Bertz CT molecular complexity index is 501. The van der Waals surface area contributed by atoms with Gasteiger partial charge >= 0.3 is 6.09 Å². The highest BCUT2D eigenvalue weighted by Crippen LogP contribution is 2.13. The van der Waals surface area contributed by atoms with Crippen LogP contribution < -0.4 is 5.73 Å². The minimum absolute atomic E-state index is 0. The number of nitrogens with zero attached hydrogens (tertiary/aromatic N) is 2. The molecule has 0 saturated carbocycles. The van der Waals surface area contributed by atoms with Gasteiger partial charge in [0.1, 0.15) is 6.61 Å². The molecule has 0 radical (unpaired) electrons. The van der Waals surface area contributed by atoms with Crippen LogP contribution in [-0.2, 0) is 11.3 Å². The van der Waals surface area contributed by atoms with Gasteiger partial charge < -0.3 is 15.4 Å². The number of carbonyl (C=O) groups excluding carboxylic acids is 1. The molecular weight excluding hydrogens is 349 g/mol. The van der Waals surface area contributed by atoms with E-state index in [1.807, 2.05) is 6.92 Å². The van der Waals surface area contributed by atoms with Crippen LogP contribution in [0.1, 0.15) is 24.1 Å². The van der Waals surface area contributed by atoms with Crippen LogP contribution in [0.3, 0.4) is 0 Å². The maximum atomic E-state index is 11.7. The van der Waals surface area contributed by atoms with Crippen molar-refractivity contribution in [2.75, 3.05) is 32.8 Å². The summed E-state index contributed by atoms with van der Waals surface area (Å²) in [6, 6.07) is 8.50. The zero-order valence-electron chi connectivity index (χ0n) is 14.0. The molecule has 1 saturated heterocycles. The number of piperazine rings is 1. The van der Waals surface area contributed by atoms with Crippen LogP contribution in [-0.4, -0.2) is 48.7 Å². The van der Waals surface area contributed by atoms with Crippen LogP contribution in [0.4, 0.5) is 4.79 Å². The van der Waals surface area contributed by atoms with Crippen molar-refractivity contribution in [2.24, 2.45) is 5.73 Å². The first-order chi connectivity index (χ1) is 10.6. The molecule has 2 rings (SSSR count). The molecule has 0 aromatic heterocycles. The van der Waals surface area contributed by atoms with Crippen LogP contribution in [0.5, 0.6) is 0 Å². The smallest absolute Gasteiger partial charge is 0.410 e. The third-order valence-electron chi connectivity index (χ3n) is 3.87. The maximum absolute atomic E-state index is 11.7. The second-order valence-corrected chi connectivity index (χ2v) is 5.66. The van der Waals surface area contributed by atoms with Crippen LogP contribution in [0, 0.1) is 0 Å². The van der Waals surface area contributed by atoms with Crippen molar-refractivity contribution in [1.82, 2.24) is 9.80 Å². The molecule has 1 fully saturated rings. The molecule has 0 spiro atoms. The summed E-state index contributed by atoms with van der Waals surface area (Å²) >= 11 is 0. The molecule has 1 aliphatic rings. The summed E-state index contributed by atoms with van der Waals surface area (Å²) in [6.45, 7) is 9.82. The third kappa shape index (κ3) is 6.69. The van der Waals surface area contributed by atoms with Gasteiger partial charge in [-0.2, -0.15) is 0 Å². The van der Waals surface area contributed by atoms with Crippen LogP contribution >= 0.6 is 24.8 Å². The van der Waals surface area contributed by atoms with E-state index in [4.69, 9.17) is 10.5 Å². The zero-order chi connectivity index (χ0) is 15.9. The van der Waals surface area contributed by atoms with Gasteiger partial charge in [0.2, 0.25) is 0 Å². The SMILES string of the molecule is C=CCOC(=O)N1CCN(Cc2ccc(C(C)N)cc2)CC1.Cl.Cl. The van der Waals surface area contributed by atoms with Crippen molar-refractivity contribution < 1.29 is 9.53 Å². The fourth-order valence-electron chi connectivity index (χ4n) is 2.49. The maximum Gasteiger partial charge on any atom is 0.410 e. The lowest BCUT2D eigenvalue weighted by molar-refractivity contribution is 0.0813. The van der Waals surface area contributed by atoms with Crippen LogP contribution in [0.15, 0.2) is 36.9 Å². The Morgan fingerprint density at radius 2 is 1.83 bits per heavy atom. The number of benzene rings is 1. The van der Waals surface area contributed by atoms with Gasteiger partial charge in [0, 0.05) is 38.8 Å². The number of rotatable bonds is 5. The van der Waals surface area contributed by atoms with Gasteiger partial charge in [0.05, 0.1) is 0 Å². The number of ether oxygens (including phenoxy) is 1. The van der Waals surface area contributed by atoms with Crippen molar-refractivity contribution in [2.45, 2.75) is 19.5 Å². The van der Waals surface area contributed by atoms with Crippen molar-refractivity contribution in [1.29, 1.82) is 0 Å². The summed E-state index contributed by atoms with van der Waals surface area (Å²) in [7, 11) is 0. The lowest BCUT2D eigenvalue weighted by atomic mass is 10.1. The van der Waals surface area contributed by atoms with E-state index in [1.54, 1.807) is 11.0 Å². The molecule has 1 aromatic carbocycles. The van der Waals surface area contributed by atoms with Gasteiger partial charge in [-0.25, -0.2) is 4.79 Å². The summed E-state index contributed by atoms with van der Waals surface area (Å²) in [5, 5.41) is 0. The van der Waals surface area contributed by atoms with E-state index in [0.717, 1.165) is 25.2 Å². The van der Waals surface area contributed by atoms with Crippen LogP contribution in [0.2, 0.25) is 0 Å². The Balaban J connectivity index is 0.00000264. The van der Waals surface area contributed by atoms with Gasteiger partial charge in [0.15, 0.2) is 0 Å². The standard InChI is InChI=1S/C17H25N3O2.2ClH/c1-3-12-22-17(21)20-10-8-19(9-11-20)13-15-4-6-16(7-5-15)14(2)18;;/h3-7,14H,1,8-13,18H2,2H3;2*1H. The molecule has 0 bridgehead atoms. The highest BCUT2D eigenvalue weighted by molar-refractivity contribution is 5.85. The Hall–Kier alpha value is -1.27. The number of carbonyl (C=O) groups is 1. The summed E-state index contributed by atoms with van der Waals surface area (Å²) in [5.41, 5.74) is 8.28. The van der Waals surface area contributed by atoms with Gasteiger partial charge in [0.25, 0.3) is 0 Å². The van der Waals surface area contributed by atoms with Gasteiger partial charge in [-0.1, -0.05) is 36.9 Å². The molecule has 1 heterocycles. The van der Waals surface area contributed by atoms with Crippen molar-refractivity contribution >= 4 is 30.9 Å². The minimum atomic E-state index is -0.249. The van der Waals surface area contributed by atoms with E-state index in [1.165, 1.54) is 5.56 Å². The molecule has 1 aliphatic heterocycles. The Kier molecular flexibility index (Phi) is 10.7. The van der Waals surface area contributed by atoms with E-state index < -0.39 is 0 Å². The largest absolute Gasteiger partial charge is 0.445 e. The molecule has 1 atom stereocenters. The summed E-state index contributed by atoms with van der Waals surface area (Å²) in [6.07, 6.45) is 1.33. The molecule has 136 valence electrons. The molecule has 1 amide bonds. The second kappa shape index (κ2) is 11.3. The number of amides is 1. The number of nitrogens with two attached hydrogens (primary N) is 1. The second-order valence-electron chi connectivity index (χ2n) is 5.66. The highest BCUT2D eigenvalue weighted by Gasteiger charge is 2.21. The van der Waals surface area contributed by atoms with Crippen molar-refractivity contribution in [3.05, 3.63) is 48.0 Å². The monoisotopic (exact) mass is 375 g/mol. The number of hydrogen-bond acceptors (Lipinski definition) is 4. The van der Waals surface area contributed by atoms with E-state index in [9.17, 15) is 4.79 Å². The quantitative estimate of drug-likeness (QED) is 0.803. The fraction of sp³-hybridized carbons (Fsp3) is 0.471. The summed E-state index contributed by atoms with van der Waals surface area (Å²) < 4.78 is 5.06. The zero-order valence-corrected chi connectivity index (χ0v) is 15.7. The van der Waals surface area contributed by atoms with E-state index >= 15 is 0 Å².